The van der Waals surface area contributed by atoms with Gasteiger partial charge in [0.2, 0.25) is 5.91 Å². The molecule has 0 aliphatic carbocycles. The largest absolute Gasteiger partial charge is 0.324 e. The van der Waals surface area contributed by atoms with Gasteiger partial charge >= 0.3 is 0 Å². The molecule has 0 fully saturated rings. The first-order chi connectivity index (χ1) is 7.77. The van der Waals surface area contributed by atoms with E-state index in [1.54, 1.807) is 0 Å². The van der Waals surface area contributed by atoms with Gasteiger partial charge in [0.05, 0.1) is 5.69 Å². The third kappa shape index (κ3) is 2.48. The van der Waals surface area contributed by atoms with Crippen molar-refractivity contribution >= 4 is 22.9 Å². The molecule has 0 bridgehead atoms. The summed E-state index contributed by atoms with van der Waals surface area (Å²) in [5.41, 5.74) is 7.45. The molecule has 16 heavy (non-hydrogen) atoms. The summed E-state index contributed by atoms with van der Waals surface area (Å²) in [7, 11) is 0. The van der Waals surface area contributed by atoms with Crippen molar-refractivity contribution in [1.29, 1.82) is 0 Å². The van der Waals surface area contributed by atoms with Crippen LogP contribution >= 0.6 is 11.3 Å². The van der Waals surface area contributed by atoms with Gasteiger partial charge in [-0.15, -0.1) is 0 Å². The summed E-state index contributed by atoms with van der Waals surface area (Å²) in [6.07, 6.45) is 0. The molecule has 1 heterocycles. The fourth-order valence-corrected chi connectivity index (χ4v) is 1.96. The number of benzene rings is 1. The van der Waals surface area contributed by atoms with Gasteiger partial charge in [0.1, 0.15) is 6.04 Å². The van der Waals surface area contributed by atoms with Crippen LogP contribution in [-0.4, -0.2) is 5.91 Å². The Morgan fingerprint density at radius 1 is 1.25 bits per heavy atom. The quantitative estimate of drug-likeness (QED) is 0.853. The van der Waals surface area contributed by atoms with Gasteiger partial charge in [0.15, 0.2) is 0 Å². The summed E-state index contributed by atoms with van der Waals surface area (Å²) in [5, 5.41) is 6.54. The molecule has 0 aliphatic rings. The van der Waals surface area contributed by atoms with Crippen LogP contribution in [0.25, 0.3) is 0 Å². The molecule has 0 aliphatic heterocycles. The number of thiophene rings is 1. The van der Waals surface area contributed by atoms with Crippen LogP contribution in [0.3, 0.4) is 0 Å². The molecule has 2 rings (SSSR count). The van der Waals surface area contributed by atoms with E-state index in [1.165, 1.54) is 11.3 Å². The molecule has 3 nitrogen and oxygen atoms in total. The van der Waals surface area contributed by atoms with Crippen LogP contribution in [0.4, 0.5) is 5.69 Å². The van der Waals surface area contributed by atoms with E-state index >= 15 is 0 Å². The Bertz CT molecular complexity index is 453. The van der Waals surface area contributed by atoms with Gasteiger partial charge < -0.3 is 11.1 Å². The van der Waals surface area contributed by atoms with Crippen molar-refractivity contribution in [2.45, 2.75) is 6.04 Å². The normalized spacial score (nSPS) is 12.1. The Morgan fingerprint density at radius 2 is 2.00 bits per heavy atom. The predicted molar refractivity (Wildman–Crippen MR) is 66.3 cm³/mol. The van der Waals surface area contributed by atoms with Crippen LogP contribution in [0.15, 0.2) is 47.2 Å². The van der Waals surface area contributed by atoms with E-state index < -0.39 is 6.04 Å². The third-order valence-electron chi connectivity index (χ3n) is 2.23. The minimum atomic E-state index is -0.624. The SMILES string of the molecule is N[C@@H](C(=O)Nc1ccsc1)c1ccccc1. The maximum absolute atomic E-state index is 11.8. The summed E-state index contributed by atoms with van der Waals surface area (Å²) < 4.78 is 0. The average Bonchev–Trinajstić information content (AvgIpc) is 2.82. The molecule has 3 N–H and O–H groups in total. The number of carbonyl (C=O) groups excluding carboxylic acids is 1. The monoisotopic (exact) mass is 232 g/mol. The molecule has 82 valence electrons. The van der Waals surface area contributed by atoms with Crippen molar-refractivity contribution in [2.24, 2.45) is 5.73 Å². The van der Waals surface area contributed by atoms with E-state index in [1.807, 2.05) is 47.2 Å². The lowest BCUT2D eigenvalue weighted by molar-refractivity contribution is -0.117. The van der Waals surface area contributed by atoms with Gasteiger partial charge in [-0.1, -0.05) is 30.3 Å². The number of hydrogen-bond donors (Lipinski definition) is 2. The molecule has 4 heteroatoms. The molecule has 0 spiro atoms. The zero-order valence-electron chi connectivity index (χ0n) is 8.59. The molecule has 1 amide bonds. The highest BCUT2D eigenvalue weighted by molar-refractivity contribution is 7.08. The van der Waals surface area contributed by atoms with Crippen molar-refractivity contribution in [2.75, 3.05) is 5.32 Å². The van der Waals surface area contributed by atoms with Gasteiger partial charge in [-0.2, -0.15) is 11.3 Å². The standard InChI is InChI=1S/C12H12N2OS/c13-11(9-4-2-1-3-5-9)12(15)14-10-6-7-16-8-10/h1-8,11H,13H2,(H,14,15)/t11-/m1/s1. The molecule has 0 unspecified atom stereocenters. The first-order valence-electron chi connectivity index (χ1n) is 4.91. The number of hydrogen-bond acceptors (Lipinski definition) is 3. The van der Waals surface area contributed by atoms with Gasteiger partial charge in [-0.05, 0) is 17.0 Å². The van der Waals surface area contributed by atoms with Gasteiger partial charge in [-0.3, -0.25) is 4.79 Å². The Hall–Kier alpha value is -1.65. The van der Waals surface area contributed by atoms with E-state index in [0.29, 0.717) is 0 Å². The first-order valence-corrected chi connectivity index (χ1v) is 5.85. The minimum absolute atomic E-state index is 0.190. The number of nitrogens with two attached hydrogens (primary N) is 1. The minimum Gasteiger partial charge on any atom is -0.324 e. The van der Waals surface area contributed by atoms with Crippen molar-refractivity contribution in [3.05, 3.63) is 52.7 Å². The topological polar surface area (TPSA) is 55.1 Å². The van der Waals surface area contributed by atoms with Gasteiger partial charge in [-0.25, -0.2) is 0 Å². The Labute approximate surface area is 97.9 Å². The first kappa shape index (κ1) is 10.9. The fraction of sp³-hybridized carbons (Fsp3) is 0.0833. The van der Waals surface area contributed by atoms with Crippen molar-refractivity contribution in [3.8, 4) is 0 Å². The van der Waals surface area contributed by atoms with Crippen LogP contribution < -0.4 is 11.1 Å². The molecule has 2 aromatic rings. The molecule has 1 aromatic heterocycles. The van der Waals surface area contributed by atoms with E-state index in [9.17, 15) is 4.79 Å². The number of anilines is 1. The number of rotatable bonds is 3. The lowest BCUT2D eigenvalue weighted by Gasteiger charge is -2.11. The highest BCUT2D eigenvalue weighted by Gasteiger charge is 2.15. The average molecular weight is 232 g/mol. The zero-order valence-corrected chi connectivity index (χ0v) is 9.41. The van der Waals surface area contributed by atoms with Gasteiger partial charge in [0.25, 0.3) is 0 Å². The summed E-state index contributed by atoms with van der Waals surface area (Å²) in [6.45, 7) is 0. The molecule has 0 radical (unpaired) electrons. The molecule has 0 saturated carbocycles. The molecular formula is C12H12N2OS. The van der Waals surface area contributed by atoms with E-state index in [-0.39, 0.29) is 5.91 Å². The number of nitrogens with one attached hydrogen (secondary N) is 1. The highest BCUT2D eigenvalue weighted by Crippen LogP contribution is 2.15. The Kier molecular flexibility index (Phi) is 3.34. The fourth-order valence-electron chi connectivity index (χ4n) is 1.37. The molecule has 1 atom stereocenters. The van der Waals surface area contributed by atoms with Crippen LogP contribution in [0.1, 0.15) is 11.6 Å². The lowest BCUT2D eigenvalue weighted by atomic mass is 10.1. The van der Waals surface area contributed by atoms with Crippen molar-refractivity contribution in [3.63, 3.8) is 0 Å². The second kappa shape index (κ2) is 4.92. The molecular weight excluding hydrogens is 220 g/mol. The van der Waals surface area contributed by atoms with Gasteiger partial charge in [0, 0.05) is 5.38 Å². The number of amides is 1. The summed E-state index contributed by atoms with van der Waals surface area (Å²) in [5.74, 6) is -0.190. The van der Waals surface area contributed by atoms with Crippen LogP contribution in [0.5, 0.6) is 0 Å². The van der Waals surface area contributed by atoms with Crippen molar-refractivity contribution in [1.82, 2.24) is 0 Å². The second-order valence-electron chi connectivity index (χ2n) is 3.39. The summed E-state index contributed by atoms with van der Waals surface area (Å²) in [6, 6.07) is 10.5. The van der Waals surface area contributed by atoms with Crippen LogP contribution in [0, 0.1) is 0 Å². The maximum atomic E-state index is 11.8. The third-order valence-corrected chi connectivity index (χ3v) is 2.91. The number of carbonyl (C=O) groups is 1. The predicted octanol–water partition coefficient (Wildman–Crippen LogP) is 2.39. The van der Waals surface area contributed by atoms with Crippen LogP contribution in [0.2, 0.25) is 0 Å². The Morgan fingerprint density at radius 3 is 2.62 bits per heavy atom. The lowest BCUT2D eigenvalue weighted by Crippen LogP contribution is -2.27. The zero-order chi connectivity index (χ0) is 11.4. The Balaban J connectivity index is 2.05. The summed E-state index contributed by atoms with van der Waals surface area (Å²) in [4.78, 5) is 11.8. The smallest absolute Gasteiger partial charge is 0.245 e. The molecule has 1 aromatic carbocycles. The highest BCUT2D eigenvalue weighted by atomic mass is 32.1. The summed E-state index contributed by atoms with van der Waals surface area (Å²) >= 11 is 1.53. The van der Waals surface area contributed by atoms with E-state index in [0.717, 1.165) is 11.3 Å². The van der Waals surface area contributed by atoms with E-state index in [2.05, 4.69) is 5.32 Å². The molecule has 0 saturated heterocycles. The maximum Gasteiger partial charge on any atom is 0.245 e. The van der Waals surface area contributed by atoms with Crippen molar-refractivity contribution < 1.29 is 4.79 Å². The van der Waals surface area contributed by atoms with Crippen LogP contribution in [-0.2, 0) is 4.79 Å². The van der Waals surface area contributed by atoms with E-state index in [4.69, 9.17) is 5.73 Å². The second-order valence-corrected chi connectivity index (χ2v) is 4.17.